The van der Waals surface area contributed by atoms with Gasteiger partial charge in [-0.05, 0) is 36.8 Å². The third-order valence-electron chi connectivity index (χ3n) is 3.02. The summed E-state index contributed by atoms with van der Waals surface area (Å²) in [5, 5.41) is 3.81. The van der Waals surface area contributed by atoms with Crippen molar-refractivity contribution in [3.63, 3.8) is 0 Å². The molecule has 2 rings (SSSR count). The van der Waals surface area contributed by atoms with Gasteiger partial charge in [-0.15, -0.1) is 0 Å². The van der Waals surface area contributed by atoms with Gasteiger partial charge < -0.3 is 20.5 Å². The number of rotatable bonds is 4. The van der Waals surface area contributed by atoms with Gasteiger partial charge in [-0.3, -0.25) is 0 Å². The molecule has 0 aromatic heterocycles. The van der Waals surface area contributed by atoms with Gasteiger partial charge in [0.05, 0.1) is 30.6 Å². The summed E-state index contributed by atoms with van der Waals surface area (Å²) >= 11 is 6.06. The molecule has 0 radical (unpaired) electrons. The molecule has 106 valence electrons. The molecule has 0 atom stereocenters. The summed E-state index contributed by atoms with van der Waals surface area (Å²) in [5.74, 6) is 1.43. The highest BCUT2D eigenvalue weighted by molar-refractivity contribution is 6.33. The molecule has 2 aromatic carbocycles. The molecule has 0 amide bonds. The molecule has 0 aliphatic heterocycles. The molecular formula is C15H17ClN2O2. The first-order chi connectivity index (χ1) is 9.55. The van der Waals surface area contributed by atoms with Crippen LogP contribution in [0.5, 0.6) is 11.5 Å². The molecule has 0 unspecified atom stereocenters. The standard InChI is InChI=1S/C15H17ClN2O2/c1-9-6-12(17)11(16)8-14(9)18-13-5-4-10(19-2)7-15(13)20-3/h4-8,18H,17H2,1-3H3. The van der Waals surface area contributed by atoms with Crippen molar-refractivity contribution < 1.29 is 9.47 Å². The molecule has 0 spiro atoms. The number of anilines is 3. The Kier molecular flexibility index (Phi) is 4.25. The number of hydrogen-bond acceptors (Lipinski definition) is 4. The van der Waals surface area contributed by atoms with Crippen LogP contribution < -0.4 is 20.5 Å². The van der Waals surface area contributed by atoms with E-state index in [1.54, 1.807) is 20.3 Å². The maximum Gasteiger partial charge on any atom is 0.145 e. The van der Waals surface area contributed by atoms with Gasteiger partial charge in [0, 0.05) is 11.8 Å². The Morgan fingerprint density at radius 1 is 1.05 bits per heavy atom. The maximum absolute atomic E-state index is 6.06. The highest BCUT2D eigenvalue weighted by Crippen LogP contribution is 2.34. The largest absolute Gasteiger partial charge is 0.497 e. The molecule has 20 heavy (non-hydrogen) atoms. The lowest BCUT2D eigenvalue weighted by Crippen LogP contribution is -1.98. The number of ether oxygens (including phenoxy) is 2. The fraction of sp³-hybridized carbons (Fsp3) is 0.200. The van der Waals surface area contributed by atoms with Crippen molar-refractivity contribution >= 4 is 28.7 Å². The quantitative estimate of drug-likeness (QED) is 0.837. The van der Waals surface area contributed by atoms with Gasteiger partial charge in [-0.25, -0.2) is 0 Å². The Bertz CT molecular complexity index is 630. The maximum atomic E-state index is 6.06. The van der Waals surface area contributed by atoms with Crippen LogP contribution in [0, 0.1) is 6.92 Å². The molecular weight excluding hydrogens is 276 g/mol. The van der Waals surface area contributed by atoms with Gasteiger partial charge in [0.2, 0.25) is 0 Å². The van der Waals surface area contributed by atoms with Crippen molar-refractivity contribution in [1.29, 1.82) is 0 Å². The van der Waals surface area contributed by atoms with Crippen LogP contribution in [0.1, 0.15) is 5.56 Å². The smallest absolute Gasteiger partial charge is 0.145 e. The Hall–Kier alpha value is -2.07. The van der Waals surface area contributed by atoms with Gasteiger partial charge in [0.1, 0.15) is 11.5 Å². The van der Waals surface area contributed by atoms with E-state index in [0.29, 0.717) is 16.5 Å². The second kappa shape index (κ2) is 5.92. The van der Waals surface area contributed by atoms with E-state index in [0.717, 1.165) is 22.7 Å². The normalized spacial score (nSPS) is 10.2. The van der Waals surface area contributed by atoms with Gasteiger partial charge in [-0.2, -0.15) is 0 Å². The molecule has 3 N–H and O–H groups in total. The summed E-state index contributed by atoms with van der Waals surface area (Å²) in [7, 11) is 3.23. The number of aryl methyl sites for hydroxylation is 1. The molecule has 0 bridgehead atoms. The average Bonchev–Trinajstić information content (AvgIpc) is 2.45. The number of nitrogens with one attached hydrogen (secondary N) is 1. The zero-order valence-electron chi connectivity index (χ0n) is 11.7. The zero-order chi connectivity index (χ0) is 14.7. The van der Waals surface area contributed by atoms with E-state index in [9.17, 15) is 0 Å². The third kappa shape index (κ3) is 2.91. The monoisotopic (exact) mass is 292 g/mol. The first kappa shape index (κ1) is 14.3. The number of benzene rings is 2. The Labute approximate surface area is 123 Å². The van der Waals surface area contributed by atoms with Crippen LogP contribution in [0.25, 0.3) is 0 Å². The fourth-order valence-electron chi connectivity index (χ4n) is 1.89. The van der Waals surface area contributed by atoms with Gasteiger partial charge in [0.15, 0.2) is 0 Å². The molecule has 2 aromatic rings. The van der Waals surface area contributed by atoms with Crippen LogP contribution >= 0.6 is 11.6 Å². The third-order valence-corrected chi connectivity index (χ3v) is 3.35. The van der Waals surface area contributed by atoms with Gasteiger partial charge >= 0.3 is 0 Å². The Morgan fingerprint density at radius 3 is 2.45 bits per heavy atom. The summed E-state index contributed by atoms with van der Waals surface area (Å²) in [6.45, 7) is 1.96. The van der Waals surface area contributed by atoms with E-state index >= 15 is 0 Å². The van der Waals surface area contributed by atoms with Crippen LogP contribution in [-0.2, 0) is 0 Å². The van der Waals surface area contributed by atoms with E-state index in [4.69, 9.17) is 26.8 Å². The molecule has 0 heterocycles. The Morgan fingerprint density at radius 2 is 1.80 bits per heavy atom. The van der Waals surface area contributed by atoms with Crippen molar-refractivity contribution in [2.75, 3.05) is 25.3 Å². The van der Waals surface area contributed by atoms with E-state index in [-0.39, 0.29) is 0 Å². The first-order valence-corrected chi connectivity index (χ1v) is 6.47. The van der Waals surface area contributed by atoms with Crippen LogP contribution in [0.4, 0.5) is 17.1 Å². The van der Waals surface area contributed by atoms with E-state index in [1.807, 2.05) is 31.2 Å². The van der Waals surface area contributed by atoms with E-state index in [1.165, 1.54) is 0 Å². The first-order valence-electron chi connectivity index (χ1n) is 6.10. The van der Waals surface area contributed by atoms with Crippen molar-refractivity contribution in [2.45, 2.75) is 6.92 Å². The van der Waals surface area contributed by atoms with Crippen molar-refractivity contribution in [3.05, 3.63) is 40.9 Å². The van der Waals surface area contributed by atoms with Crippen LogP contribution in [0.2, 0.25) is 5.02 Å². The summed E-state index contributed by atoms with van der Waals surface area (Å²) in [5.41, 5.74) is 9.06. The predicted octanol–water partition coefficient (Wildman–Crippen LogP) is 3.99. The van der Waals surface area contributed by atoms with Gasteiger partial charge in [-0.1, -0.05) is 11.6 Å². The number of nitrogens with two attached hydrogens (primary N) is 1. The second-order valence-electron chi connectivity index (χ2n) is 4.38. The summed E-state index contributed by atoms with van der Waals surface area (Å²) in [6.07, 6.45) is 0. The lowest BCUT2D eigenvalue weighted by molar-refractivity contribution is 0.395. The summed E-state index contributed by atoms with van der Waals surface area (Å²) < 4.78 is 10.5. The number of nitrogen functional groups attached to an aromatic ring is 1. The van der Waals surface area contributed by atoms with E-state index < -0.39 is 0 Å². The Balaban J connectivity index is 2.37. The predicted molar refractivity (Wildman–Crippen MR) is 83.4 cm³/mol. The highest BCUT2D eigenvalue weighted by atomic mass is 35.5. The minimum absolute atomic E-state index is 0.519. The SMILES string of the molecule is COc1ccc(Nc2cc(Cl)c(N)cc2C)c(OC)c1. The zero-order valence-corrected chi connectivity index (χ0v) is 12.4. The summed E-state index contributed by atoms with van der Waals surface area (Å²) in [6, 6.07) is 9.20. The second-order valence-corrected chi connectivity index (χ2v) is 4.79. The molecule has 0 aliphatic carbocycles. The molecule has 4 nitrogen and oxygen atoms in total. The van der Waals surface area contributed by atoms with Crippen LogP contribution in [0.3, 0.4) is 0 Å². The molecule has 0 saturated carbocycles. The van der Waals surface area contributed by atoms with Crippen molar-refractivity contribution in [3.8, 4) is 11.5 Å². The molecule has 0 fully saturated rings. The molecule has 0 aliphatic rings. The highest BCUT2D eigenvalue weighted by Gasteiger charge is 2.08. The van der Waals surface area contributed by atoms with Gasteiger partial charge in [0.25, 0.3) is 0 Å². The minimum Gasteiger partial charge on any atom is -0.497 e. The minimum atomic E-state index is 0.519. The van der Waals surface area contributed by atoms with E-state index in [2.05, 4.69) is 5.32 Å². The summed E-state index contributed by atoms with van der Waals surface area (Å²) in [4.78, 5) is 0. The lowest BCUT2D eigenvalue weighted by atomic mass is 10.1. The topological polar surface area (TPSA) is 56.5 Å². The number of methoxy groups -OCH3 is 2. The number of halogens is 1. The number of hydrogen-bond donors (Lipinski definition) is 2. The molecule has 0 saturated heterocycles. The van der Waals surface area contributed by atoms with Crippen LogP contribution in [-0.4, -0.2) is 14.2 Å². The average molecular weight is 293 g/mol. The molecule has 5 heteroatoms. The lowest BCUT2D eigenvalue weighted by Gasteiger charge is -2.15. The van der Waals surface area contributed by atoms with Crippen molar-refractivity contribution in [2.24, 2.45) is 0 Å². The fourth-order valence-corrected chi connectivity index (χ4v) is 2.05. The van der Waals surface area contributed by atoms with Crippen molar-refractivity contribution in [1.82, 2.24) is 0 Å². The van der Waals surface area contributed by atoms with Crippen LogP contribution in [0.15, 0.2) is 30.3 Å².